The first-order valence-electron chi connectivity index (χ1n) is 3.31. The molecule has 56 valence electrons. The van der Waals surface area contributed by atoms with Crippen LogP contribution >= 0.6 is 23.2 Å². The maximum absolute atomic E-state index is 5.96. The van der Waals surface area contributed by atoms with E-state index >= 15 is 0 Å². The van der Waals surface area contributed by atoms with Crippen LogP contribution in [0.4, 0.5) is 0 Å². The average molecular weight is 177 g/mol. The molecule has 1 aliphatic carbocycles. The van der Waals surface area contributed by atoms with Crippen LogP contribution in [0.3, 0.4) is 0 Å². The Morgan fingerprint density at radius 3 is 2.60 bits per heavy atom. The van der Waals surface area contributed by atoms with E-state index in [1.165, 1.54) is 5.57 Å². The van der Waals surface area contributed by atoms with E-state index in [9.17, 15) is 0 Å². The van der Waals surface area contributed by atoms with Gasteiger partial charge in [0, 0.05) is 5.03 Å². The Hall–Kier alpha value is 0.0600. The summed E-state index contributed by atoms with van der Waals surface area (Å²) in [6.45, 7) is 4.15. The van der Waals surface area contributed by atoms with Crippen LogP contribution in [0.5, 0.6) is 0 Å². The third kappa shape index (κ3) is 1.56. The van der Waals surface area contributed by atoms with Crippen LogP contribution in [-0.2, 0) is 0 Å². The van der Waals surface area contributed by atoms with Crippen LogP contribution in [0.2, 0.25) is 0 Å². The highest BCUT2D eigenvalue weighted by Gasteiger charge is 2.17. The fourth-order valence-corrected chi connectivity index (χ4v) is 1.65. The summed E-state index contributed by atoms with van der Waals surface area (Å²) >= 11 is 11.7. The molecule has 1 rings (SSSR count). The van der Waals surface area contributed by atoms with Gasteiger partial charge < -0.3 is 0 Å². The number of alkyl halides is 1. The lowest BCUT2D eigenvalue weighted by Crippen LogP contribution is -2.13. The second-order valence-corrected chi connectivity index (χ2v) is 3.61. The van der Waals surface area contributed by atoms with Gasteiger partial charge in [0.2, 0.25) is 0 Å². The van der Waals surface area contributed by atoms with Crippen molar-refractivity contribution in [3.05, 3.63) is 22.8 Å². The summed E-state index contributed by atoms with van der Waals surface area (Å²) in [5, 5.41) is 0.827. The van der Waals surface area contributed by atoms with E-state index in [0.717, 1.165) is 5.03 Å². The Kier molecular flexibility index (Phi) is 2.43. The van der Waals surface area contributed by atoms with Gasteiger partial charge in [0.05, 0.1) is 5.38 Å². The van der Waals surface area contributed by atoms with Gasteiger partial charge in [-0.1, -0.05) is 24.1 Å². The third-order valence-electron chi connectivity index (χ3n) is 1.88. The first-order chi connectivity index (χ1) is 4.61. The van der Waals surface area contributed by atoms with E-state index in [-0.39, 0.29) is 5.38 Å². The molecule has 0 saturated heterocycles. The predicted octanol–water partition coefficient (Wildman–Crippen LogP) is 3.31. The zero-order chi connectivity index (χ0) is 7.72. The van der Waals surface area contributed by atoms with Crippen LogP contribution < -0.4 is 0 Å². The molecular weight excluding hydrogens is 167 g/mol. The molecule has 0 nitrogen and oxygen atoms in total. The Balaban J connectivity index is 2.85. The van der Waals surface area contributed by atoms with Crippen molar-refractivity contribution in [2.24, 2.45) is 5.92 Å². The van der Waals surface area contributed by atoms with Crippen LogP contribution in [0.15, 0.2) is 22.8 Å². The molecule has 2 atom stereocenters. The molecule has 0 fully saturated rings. The summed E-state index contributed by atoms with van der Waals surface area (Å²) in [7, 11) is 0. The molecule has 0 saturated carbocycles. The molecule has 0 heterocycles. The maximum Gasteiger partial charge on any atom is 0.0595 e. The van der Waals surface area contributed by atoms with E-state index in [0.29, 0.717) is 5.92 Å². The highest BCUT2D eigenvalue weighted by atomic mass is 35.5. The minimum Gasteiger partial charge on any atom is -0.118 e. The van der Waals surface area contributed by atoms with E-state index in [2.05, 4.69) is 13.8 Å². The molecule has 0 radical (unpaired) electrons. The number of rotatable bonds is 0. The minimum atomic E-state index is 0.0671. The van der Waals surface area contributed by atoms with Gasteiger partial charge in [0.1, 0.15) is 0 Å². The zero-order valence-corrected chi connectivity index (χ0v) is 7.58. The molecule has 10 heavy (non-hydrogen) atoms. The summed E-state index contributed by atoms with van der Waals surface area (Å²) in [5.74, 6) is 0.421. The number of allylic oxidation sites excluding steroid dienone is 4. The molecule has 2 heteroatoms. The van der Waals surface area contributed by atoms with Crippen molar-refractivity contribution in [3.63, 3.8) is 0 Å². The molecule has 0 aromatic rings. The second kappa shape index (κ2) is 2.98. The lowest BCUT2D eigenvalue weighted by atomic mass is 9.94. The third-order valence-corrected chi connectivity index (χ3v) is 2.62. The standard InChI is InChI=1S/C8H10Cl2/c1-5-3-7(9)4-8(10)6(5)2/h3-4,6,8H,1-2H3. The van der Waals surface area contributed by atoms with E-state index in [1.54, 1.807) is 0 Å². The van der Waals surface area contributed by atoms with Crippen molar-refractivity contribution < 1.29 is 0 Å². The number of halogens is 2. The van der Waals surface area contributed by atoms with E-state index < -0.39 is 0 Å². The van der Waals surface area contributed by atoms with Crippen LogP contribution in [0.1, 0.15) is 13.8 Å². The molecule has 0 amide bonds. The van der Waals surface area contributed by atoms with Crippen LogP contribution in [0.25, 0.3) is 0 Å². The smallest absolute Gasteiger partial charge is 0.0595 e. The Labute approximate surface area is 71.5 Å². The zero-order valence-electron chi connectivity index (χ0n) is 6.07. The Morgan fingerprint density at radius 1 is 1.50 bits per heavy atom. The Bertz CT molecular complexity index is 191. The fourth-order valence-electron chi connectivity index (χ4n) is 0.945. The van der Waals surface area contributed by atoms with Gasteiger partial charge in [-0.2, -0.15) is 0 Å². The molecule has 0 spiro atoms. The SMILES string of the molecule is CC1=CC(Cl)=CC(Cl)C1C. The minimum absolute atomic E-state index is 0.0671. The van der Waals surface area contributed by atoms with Crippen molar-refractivity contribution in [1.29, 1.82) is 0 Å². The van der Waals surface area contributed by atoms with Gasteiger partial charge >= 0.3 is 0 Å². The Morgan fingerprint density at radius 2 is 2.10 bits per heavy atom. The van der Waals surface area contributed by atoms with Crippen molar-refractivity contribution in [2.75, 3.05) is 0 Å². The van der Waals surface area contributed by atoms with Gasteiger partial charge in [0.15, 0.2) is 0 Å². The first kappa shape index (κ1) is 8.16. The maximum atomic E-state index is 5.96. The van der Waals surface area contributed by atoms with Crippen molar-refractivity contribution in [2.45, 2.75) is 19.2 Å². The van der Waals surface area contributed by atoms with Gasteiger partial charge in [-0.25, -0.2) is 0 Å². The van der Waals surface area contributed by atoms with Crippen molar-refractivity contribution >= 4 is 23.2 Å². The highest BCUT2D eigenvalue weighted by Crippen LogP contribution is 2.28. The van der Waals surface area contributed by atoms with Crippen LogP contribution in [-0.4, -0.2) is 5.38 Å². The topological polar surface area (TPSA) is 0 Å². The molecule has 0 aromatic carbocycles. The fraction of sp³-hybridized carbons (Fsp3) is 0.500. The number of hydrogen-bond donors (Lipinski definition) is 0. The molecule has 1 aliphatic rings. The van der Waals surface area contributed by atoms with Crippen LogP contribution in [0, 0.1) is 5.92 Å². The van der Waals surface area contributed by atoms with Gasteiger partial charge in [-0.3, -0.25) is 0 Å². The first-order valence-corrected chi connectivity index (χ1v) is 4.12. The summed E-state index contributed by atoms with van der Waals surface area (Å²) in [6.07, 6.45) is 3.84. The molecule has 0 aliphatic heterocycles. The summed E-state index contributed by atoms with van der Waals surface area (Å²) < 4.78 is 0. The highest BCUT2D eigenvalue weighted by molar-refractivity contribution is 6.32. The van der Waals surface area contributed by atoms with Gasteiger partial charge in [-0.15, -0.1) is 11.6 Å². The van der Waals surface area contributed by atoms with E-state index in [1.807, 2.05) is 12.2 Å². The molecule has 0 bridgehead atoms. The van der Waals surface area contributed by atoms with E-state index in [4.69, 9.17) is 23.2 Å². The molecule has 0 N–H and O–H groups in total. The van der Waals surface area contributed by atoms with Crippen molar-refractivity contribution in [1.82, 2.24) is 0 Å². The summed E-state index contributed by atoms with van der Waals surface area (Å²) in [4.78, 5) is 0. The normalized spacial score (nSPS) is 33.2. The molecule has 0 aromatic heterocycles. The monoisotopic (exact) mass is 176 g/mol. The van der Waals surface area contributed by atoms with Crippen molar-refractivity contribution in [3.8, 4) is 0 Å². The summed E-state index contributed by atoms with van der Waals surface area (Å²) in [5.41, 5.74) is 1.26. The number of hydrogen-bond acceptors (Lipinski definition) is 0. The lowest BCUT2D eigenvalue weighted by molar-refractivity contribution is 0.693. The lowest BCUT2D eigenvalue weighted by Gasteiger charge is -2.19. The molecular formula is C8H10Cl2. The van der Waals surface area contributed by atoms with Gasteiger partial charge in [-0.05, 0) is 25.0 Å². The average Bonchev–Trinajstić information content (AvgIpc) is 1.82. The second-order valence-electron chi connectivity index (χ2n) is 2.67. The van der Waals surface area contributed by atoms with Gasteiger partial charge in [0.25, 0.3) is 0 Å². The summed E-state index contributed by atoms with van der Waals surface area (Å²) in [6, 6.07) is 0. The largest absolute Gasteiger partial charge is 0.118 e. The molecule has 2 unspecified atom stereocenters. The quantitative estimate of drug-likeness (QED) is 0.498. The predicted molar refractivity (Wildman–Crippen MR) is 46.5 cm³/mol.